The largest absolute Gasteiger partial charge is 0.493 e. The van der Waals surface area contributed by atoms with Crippen molar-refractivity contribution < 1.29 is 19.0 Å². The predicted molar refractivity (Wildman–Crippen MR) is 142 cm³/mol. The fourth-order valence-electron chi connectivity index (χ4n) is 4.61. The molecule has 0 N–H and O–H groups in total. The molecule has 0 fully saturated rings. The lowest BCUT2D eigenvalue weighted by molar-refractivity contribution is -0.132. The molecular weight excluding hydrogens is 458 g/mol. The lowest BCUT2D eigenvalue weighted by Crippen LogP contribution is -2.43. The number of hydrogen-bond acceptors (Lipinski definition) is 5. The molecule has 1 heterocycles. The SMILES string of the molecule is COc1cc2c(cc1OC)[C@H](COc1cc(C)cc(C)c1)N(C(=O)CSCc1ccccc1)CC2. The van der Waals surface area contributed by atoms with Crippen LogP contribution >= 0.6 is 11.8 Å². The van der Waals surface area contributed by atoms with Gasteiger partial charge in [-0.25, -0.2) is 0 Å². The summed E-state index contributed by atoms with van der Waals surface area (Å²) in [4.78, 5) is 15.4. The monoisotopic (exact) mass is 491 g/mol. The van der Waals surface area contributed by atoms with Gasteiger partial charge in [0.1, 0.15) is 12.4 Å². The second kappa shape index (κ2) is 11.5. The molecule has 1 amide bonds. The fraction of sp³-hybridized carbons (Fsp3) is 0.345. The minimum Gasteiger partial charge on any atom is -0.493 e. The molecule has 1 aliphatic rings. The third-order valence-electron chi connectivity index (χ3n) is 6.26. The van der Waals surface area contributed by atoms with Crippen molar-refractivity contribution in [3.05, 3.63) is 88.5 Å². The van der Waals surface area contributed by atoms with Gasteiger partial charge in [-0.1, -0.05) is 36.4 Å². The highest BCUT2D eigenvalue weighted by Gasteiger charge is 2.32. The molecular formula is C29H33NO4S. The van der Waals surface area contributed by atoms with E-state index in [9.17, 15) is 4.79 Å². The molecule has 3 aromatic rings. The quantitative estimate of drug-likeness (QED) is 0.381. The van der Waals surface area contributed by atoms with Gasteiger partial charge in [-0.05, 0) is 72.4 Å². The van der Waals surface area contributed by atoms with Gasteiger partial charge in [0.25, 0.3) is 0 Å². The molecule has 5 nitrogen and oxygen atoms in total. The summed E-state index contributed by atoms with van der Waals surface area (Å²) in [6, 6.07) is 20.3. The van der Waals surface area contributed by atoms with Gasteiger partial charge in [0, 0.05) is 12.3 Å². The number of hydrogen-bond donors (Lipinski definition) is 0. The van der Waals surface area contributed by atoms with Crippen molar-refractivity contribution >= 4 is 17.7 Å². The molecule has 0 unspecified atom stereocenters. The number of amides is 1. The highest BCUT2D eigenvalue weighted by Crippen LogP contribution is 2.38. The van der Waals surface area contributed by atoms with Gasteiger partial charge >= 0.3 is 0 Å². The highest BCUT2D eigenvalue weighted by molar-refractivity contribution is 7.99. The molecule has 0 saturated heterocycles. The molecule has 3 aromatic carbocycles. The Hall–Kier alpha value is -3.12. The van der Waals surface area contributed by atoms with Gasteiger partial charge in [0.15, 0.2) is 11.5 Å². The first-order chi connectivity index (χ1) is 17.0. The van der Waals surface area contributed by atoms with Gasteiger partial charge < -0.3 is 19.1 Å². The van der Waals surface area contributed by atoms with Crippen LogP contribution in [0.1, 0.15) is 33.9 Å². The maximum atomic E-state index is 13.4. The Labute approximate surface area is 212 Å². The minimum atomic E-state index is -0.204. The smallest absolute Gasteiger partial charge is 0.233 e. The van der Waals surface area contributed by atoms with E-state index in [1.54, 1.807) is 26.0 Å². The van der Waals surface area contributed by atoms with Crippen molar-refractivity contribution in [1.29, 1.82) is 0 Å². The number of carbonyl (C=O) groups is 1. The van der Waals surface area contributed by atoms with E-state index in [2.05, 4.69) is 32.0 Å². The predicted octanol–water partition coefficient (Wildman–Crippen LogP) is 5.76. The summed E-state index contributed by atoms with van der Waals surface area (Å²) in [5, 5.41) is 0. The van der Waals surface area contributed by atoms with Crippen LogP contribution in [0, 0.1) is 13.8 Å². The first kappa shape index (κ1) is 25.0. The van der Waals surface area contributed by atoms with E-state index in [0.717, 1.165) is 40.2 Å². The summed E-state index contributed by atoms with van der Waals surface area (Å²) in [6.07, 6.45) is 0.769. The number of thioether (sulfide) groups is 1. The van der Waals surface area contributed by atoms with E-state index in [1.165, 1.54) is 5.56 Å². The number of fused-ring (bicyclic) bond motifs is 1. The molecule has 4 rings (SSSR count). The Bertz CT molecular complexity index is 1140. The molecule has 0 radical (unpaired) electrons. The third-order valence-corrected chi connectivity index (χ3v) is 7.25. The molecule has 0 spiro atoms. The van der Waals surface area contributed by atoms with E-state index in [-0.39, 0.29) is 11.9 Å². The van der Waals surface area contributed by atoms with Crippen LogP contribution in [0.2, 0.25) is 0 Å². The average molecular weight is 492 g/mol. The molecule has 35 heavy (non-hydrogen) atoms. The van der Waals surface area contributed by atoms with Crippen LogP contribution in [0.3, 0.4) is 0 Å². The second-order valence-electron chi connectivity index (χ2n) is 8.87. The molecule has 184 valence electrons. The topological polar surface area (TPSA) is 48.0 Å². The van der Waals surface area contributed by atoms with Crippen LogP contribution < -0.4 is 14.2 Å². The normalized spacial score (nSPS) is 14.9. The minimum absolute atomic E-state index is 0.125. The standard InChI is InChI=1S/C29H33NO4S/c1-20-12-21(2)14-24(13-20)34-17-26-25-16-28(33-4)27(32-3)15-23(25)10-11-30(26)29(31)19-35-18-22-8-6-5-7-9-22/h5-9,12-16,26H,10-11,17-19H2,1-4H3/t26-/m0/s1. The van der Waals surface area contributed by atoms with Crippen LogP contribution in [0.25, 0.3) is 0 Å². The van der Waals surface area contributed by atoms with E-state index in [4.69, 9.17) is 14.2 Å². The first-order valence-corrected chi connectivity index (χ1v) is 13.0. The number of methoxy groups -OCH3 is 2. The molecule has 0 saturated carbocycles. The summed E-state index contributed by atoms with van der Waals surface area (Å²) in [5.41, 5.74) is 5.75. The number of nitrogens with zero attached hydrogens (tertiary/aromatic N) is 1. The summed E-state index contributed by atoms with van der Waals surface area (Å²) in [6.45, 7) is 5.15. The van der Waals surface area contributed by atoms with Crippen molar-refractivity contribution in [3.63, 3.8) is 0 Å². The van der Waals surface area contributed by atoms with Gasteiger partial charge in [0.05, 0.1) is 26.0 Å². The first-order valence-electron chi connectivity index (χ1n) is 11.9. The second-order valence-corrected chi connectivity index (χ2v) is 9.86. The van der Waals surface area contributed by atoms with Gasteiger partial charge in [-0.15, -0.1) is 11.8 Å². The summed E-state index contributed by atoms with van der Waals surface area (Å²) < 4.78 is 17.4. The Balaban J connectivity index is 1.56. The summed E-state index contributed by atoms with van der Waals surface area (Å²) in [5.74, 6) is 3.55. The number of carbonyl (C=O) groups excluding carboxylic acids is 1. The van der Waals surface area contributed by atoms with Gasteiger partial charge in [-0.2, -0.15) is 0 Å². The zero-order valence-electron chi connectivity index (χ0n) is 20.9. The van der Waals surface area contributed by atoms with Crippen molar-refractivity contribution in [3.8, 4) is 17.2 Å². The average Bonchev–Trinajstić information content (AvgIpc) is 2.86. The Morgan fingerprint density at radius 3 is 2.34 bits per heavy atom. The van der Waals surface area contributed by atoms with Crippen molar-refractivity contribution in [2.24, 2.45) is 0 Å². The zero-order valence-corrected chi connectivity index (χ0v) is 21.7. The maximum Gasteiger partial charge on any atom is 0.233 e. The molecule has 0 aliphatic carbocycles. The van der Waals surface area contributed by atoms with E-state index in [1.807, 2.05) is 47.4 Å². The number of ether oxygens (including phenoxy) is 3. The van der Waals surface area contributed by atoms with E-state index in [0.29, 0.717) is 30.4 Å². The van der Waals surface area contributed by atoms with Crippen LogP contribution in [0.4, 0.5) is 0 Å². The van der Waals surface area contributed by atoms with Crippen LogP contribution in [-0.2, 0) is 17.0 Å². The molecule has 0 bridgehead atoms. The molecule has 1 atom stereocenters. The summed E-state index contributed by atoms with van der Waals surface area (Å²) >= 11 is 1.65. The Morgan fingerprint density at radius 1 is 0.971 bits per heavy atom. The van der Waals surface area contributed by atoms with Crippen molar-refractivity contribution in [1.82, 2.24) is 4.90 Å². The van der Waals surface area contributed by atoms with E-state index >= 15 is 0 Å². The van der Waals surface area contributed by atoms with Crippen molar-refractivity contribution in [2.75, 3.05) is 33.1 Å². The lowest BCUT2D eigenvalue weighted by atomic mass is 9.92. The summed E-state index contributed by atoms with van der Waals surface area (Å²) in [7, 11) is 3.28. The fourth-order valence-corrected chi connectivity index (χ4v) is 5.48. The number of rotatable bonds is 9. The molecule has 0 aromatic heterocycles. The highest BCUT2D eigenvalue weighted by atomic mass is 32.2. The van der Waals surface area contributed by atoms with Crippen LogP contribution in [0.5, 0.6) is 17.2 Å². The molecule has 1 aliphatic heterocycles. The number of benzene rings is 3. The zero-order chi connectivity index (χ0) is 24.8. The maximum absolute atomic E-state index is 13.4. The van der Waals surface area contributed by atoms with Gasteiger partial charge in [-0.3, -0.25) is 4.79 Å². The van der Waals surface area contributed by atoms with Crippen molar-refractivity contribution in [2.45, 2.75) is 32.1 Å². The Morgan fingerprint density at radius 2 is 1.66 bits per heavy atom. The lowest BCUT2D eigenvalue weighted by Gasteiger charge is -2.37. The number of aryl methyl sites for hydroxylation is 2. The Kier molecular flexibility index (Phi) is 8.24. The molecule has 6 heteroatoms. The van der Waals surface area contributed by atoms with Crippen LogP contribution in [0.15, 0.2) is 60.7 Å². The van der Waals surface area contributed by atoms with E-state index < -0.39 is 0 Å². The van der Waals surface area contributed by atoms with Gasteiger partial charge in [0.2, 0.25) is 5.91 Å². The third kappa shape index (κ3) is 6.12. The van der Waals surface area contributed by atoms with Crippen LogP contribution in [-0.4, -0.2) is 43.9 Å².